The molecule has 0 aliphatic carbocycles. The molecule has 2 N–H and O–H groups in total. The third-order valence-electron chi connectivity index (χ3n) is 4.88. The molecule has 0 spiro atoms. The van der Waals surface area contributed by atoms with Gasteiger partial charge in [0, 0.05) is 19.1 Å². The van der Waals surface area contributed by atoms with Crippen LogP contribution in [0.5, 0.6) is 11.5 Å². The van der Waals surface area contributed by atoms with Gasteiger partial charge in [-0.25, -0.2) is 8.42 Å². The van der Waals surface area contributed by atoms with Gasteiger partial charge in [0.05, 0.1) is 0 Å². The predicted octanol–water partition coefficient (Wildman–Crippen LogP) is 1.73. The van der Waals surface area contributed by atoms with Crippen molar-refractivity contribution in [3.8, 4) is 11.5 Å². The zero-order chi connectivity index (χ0) is 21.2. The van der Waals surface area contributed by atoms with Crippen LogP contribution in [0, 0.1) is 13.8 Å². The molecule has 0 saturated carbocycles. The number of aromatic nitrogens is 1. The Morgan fingerprint density at radius 1 is 1.28 bits per heavy atom. The Labute approximate surface area is 169 Å². The molecule has 2 heterocycles. The molecule has 29 heavy (non-hydrogen) atoms. The van der Waals surface area contributed by atoms with E-state index in [9.17, 15) is 18.3 Å². The summed E-state index contributed by atoms with van der Waals surface area (Å²) < 4.78 is 37.7. The molecule has 1 amide bonds. The topological polar surface area (TPSA) is 122 Å². The molecule has 1 aliphatic rings. The van der Waals surface area contributed by atoms with E-state index in [0.717, 1.165) is 0 Å². The fourth-order valence-electron chi connectivity index (χ4n) is 3.31. The molecule has 2 aromatic rings. The van der Waals surface area contributed by atoms with E-state index in [4.69, 9.17) is 9.26 Å². The Morgan fingerprint density at radius 3 is 2.45 bits per heavy atom. The van der Waals surface area contributed by atoms with Crippen LogP contribution in [0.25, 0.3) is 0 Å². The number of rotatable bonds is 6. The van der Waals surface area contributed by atoms with Gasteiger partial charge < -0.3 is 19.7 Å². The minimum absolute atomic E-state index is 0.118. The number of ether oxygens (including phenoxy) is 1. The van der Waals surface area contributed by atoms with Gasteiger partial charge in [0.25, 0.3) is 5.91 Å². The lowest BCUT2D eigenvalue weighted by atomic mass is 10.1. The normalized spacial score (nSPS) is 17.1. The van der Waals surface area contributed by atoms with Gasteiger partial charge in [-0.3, -0.25) is 4.79 Å². The minimum atomic E-state index is -3.67. The number of carbonyl (C=O) groups is 1. The molecule has 158 valence electrons. The Bertz CT molecular complexity index is 943. The zero-order valence-corrected chi connectivity index (χ0v) is 17.4. The average molecular weight is 423 g/mol. The van der Waals surface area contributed by atoms with Crippen molar-refractivity contribution in [3.05, 3.63) is 35.7 Å². The predicted molar refractivity (Wildman–Crippen MR) is 104 cm³/mol. The van der Waals surface area contributed by atoms with Gasteiger partial charge in [0.15, 0.2) is 11.9 Å². The summed E-state index contributed by atoms with van der Waals surface area (Å²) in [5.74, 6) is 0.599. The zero-order valence-electron chi connectivity index (χ0n) is 16.6. The molecule has 1 aromatic heterocycles. The average Bonchev–Trinajstić information content (AvgIpc) is 3.03. The van der Waals surface area contributed by atoms with E-state index in [1.807, 2.05) is 0 Å². The van der Waals surface area contributed by atoms with Gasteiger partial charge in [0.2, 0.25) is 10.0 Å². The van der Waals surface area contributed by atoms with Gasteiger partial charge in [-0.05, 0) is 57.9 Å². The Morgan fingerprint density at radius 2 is 1.90 bits per heavy atom. The first-order valence-electron chi connectivity index (χ1n) is 9.37. The van der Waals surface area contributed by atoms with Crippen molar-refractivity contribution in [1.82, 2.24) is 14.8 Å². The third-order valence-corrected chi connectivity index (χ3v) is 7.03. The van der Waals surface area contributed by atoms with E-state index in [2.05, 4.69) is 10.5 Å². The first kappa shape index (κ1) is 21.1. The highest BCUT2D eigenvalue weighted by molar-refractivity contribution is 7.89. The van der Waals surface area contributed by atoms with Crippen molar-refractivity contribution in [2.75, 3.05) is 13.1 Å². The number of carbonyl (C=O) groups excluding carboxylic acids is 1. The molecule has 1 unspecified atom stereocenters. The van der Waals surface area contributed by atoms with E-state index in [0.29, 0.717) is 37.4 Å². The van der Waals surface area contributed by atoms with Crippen molar-refractivity contribution >= 4 is 15.9 Å². The van der Waals surface area contributed by atoms with Crippen molar-refractivity contribution in [3.63, 3.8) is 0 Å². The molecule has 0 bridgehead atoms. The van der Waals surface area contributed by atoms with E-state index in [1.165, 1.54) is 16.4 Å². The van der Waals surface area contributed by atoms with Crippen LogP contribution in [0.15, 0.2) is 33.7 Å². The number of nitrogens with zero attached hydrogens (tertiary/aromatic N) is 2. The summed E-state index contributed by atoms with van der Waals surface area (Å²) >= 11 is 0. The van der Waals surface area contributed by atoms with Crippen LogP contribution in [-0.4, -0.2) is 54.1 Å². The van der Waals surface area contributed by atoms with Crippen LogP contribution in [-0.2, 0) is 14.8 Å². The Kier molecular flexibility index (Phi) is 6.13. The van der Waals surface area contributed by atoms with Crippen LogP contribution in [0.3, 0.4) is 0 Å². The summed E-state index contributed by atoms with van der Waals surface area (Å²) in [4.78, 5) is 12.5. The molecule has 1 saturated heterocycles. The fourth-order valence-corrected chi connectivity index (χ4v) is 5.07. The van der Waals surface area contributed by atoms with Gasteiger partial charge in [-0.2, -0.15) is 4.31 Å². The number of aryl methyl sites for hydroxylation is 2. The van der Waals surface area contributed by atoms with Crippen LogP contribution in [0.2, 0.25) is 0 Å². The molecule has 1 fully saturated rings. The number of aromatic hydroxyl groups is 1. The number of hydrogen-bond donors (Lipinski definition) is 2. The second-order valence-corrected chi connectivity index (χ2v) is 8.97. The molecule has 1 aromatic carbocycles. The smallest absolute Gasteiger partial charge is 0.260 e. The summed E-state index contributed by atoms with van der Waals surface area (Å²) in [6.45, 7) is 5.41. The third kappa shape index (κ3) is 4.70. The van der Waals surface area contributed by atoms with Gasteiger partial charge >= 0.3 is 0 Å². The highest BCUT2D eigenvalue weighted by atomic mass is 32.2. The number of nitrogens with one attached hydrogen (secondary N) is 1. The summed E-state index contributed by atoms with van der Waals surface area (Å²) in [5, 5.41) is 15.9. The van der Waals surface area contributed by atoms with Crippen LogP contribution < -0.4 is 10.1 Å². The van der Waals surface area contributed by atoms with E-state index >= 15 is 0 Å². The monoisotopic (exact) mass is 423 g/mol. The van der Waals surface area contributed by atoms with Crippen LogP contribution in [0.1, 0.15) is 31.2 Å². The van der Waals surface area contributed by atoms with Crippen molar-refractivity contribution in [2.45, 2.75) is 50.7 Å². The van der Waals surface area contributed by atoms with Gasteiger partial charge in [-0.15, -0.1) is 0 Å². The molecule has 1 aliphatic heterocycles. The van der Waals surface area contributed by atoms with E-state index < -0.39 is 16.1 Å². The SMILES string of the molecule is Cc1noc(C)c1S(=O)(=O)N1CCC(NC(=O)C(C)Oc2ccc(O)cc2)CC1. The number of piperidine rings is 1. The second-order valence-electron chi connectivity index (χ2n) is 7.09. The van der Waals surface area contributed by atoms with E-state index in [1.54, 1.807) is 32.9 Å². The fraction of sp³-hybridized carbons (Fsp3) is 0.474. The lowest BCUT2D eigenvalue weighted by Crippen LogP contribution is -2.49. The maximum Gasteiger partial charge on any atom is 0.260 e. The van der Waals surface area contributed by atoms with Crippen LogP contribution >= 0.6 is 0 Å². The molecular formula is C19H25N3O6S. The largest absolute Gasteiger partial charge is 0.508 e. The Hall–Kier alpha value is -2.59. The summed E-state index contributed by atoms with van der Waals surface area (Å²) in [7, 11) is -3.67. The molecule has 9 nitrogen and oxygen atoms in total. The van der Waals surface area contributed by atoms with Crippen molar-refractivity contribution in [2.24, 2.45) is 0 Å². The molecule has 3 rings (SSSR count). The second kappa shape index (κ2) is 8.42. The number of phenolic OH excluding ortho intramolecular Hbond substituents is 1. The number of phenols is 1. The number of hydrogen-bond acceptors (Lipinski definition) is 7. The number of benzene rings is 1. The first-order valence-corrected chi connectivity index (χ1v) is 10.8. The van der Waals surface area contributed by atoms with Crippen molar-refractivity contribution in [1.29, 1.82) is 0 Å². The van der Waals surface area contributed by atoms with Gasteiger partial charge in [0.1, 0.15) is 22.1 Å². The summed E-state index contributed by atoms with van der Waals surface area (Å²) in [6.07, 6.45) is 0.282. The van der Waals surface area contributed by atoms with Crippen molar-refractivity contribution < 1.29 is 27.6 Å². The summed E-state index contributed by atoms with van der Waals surface area (Å²) in [6, 6.07) is 5.99. The summed E-state index contributed by atoms with van der Waals surface area (Å²) in [5.41, 5.74) is 0.345. The number of amides is 1. The number of sulfonamides is 1. The highest BCUT2D eigenvalue weighted by Crippen LogP contribution is 2.26. The highest BCUT2D eigenvalue weighted by Gasteiger charge is 2.34. The molecule has 1 atom stereocenters. The lowest BCUT2D eigenvalue weighted by molar-refractivity contribution is -0.128. The van der Waals surface area contributed by atoms with Gasteiger partial charge in [-0.1, -0.05) is 5.16 Å². The molecule has 10 heteroatoms. The van der Waals surface area contributed by atoms with Crippen LogP contribution in [0.4, 0.5) is 0 Å². The standard InChI is InChI=1S/C19H25N3O6S/c1-12-18(13(2)28-21-12)29(25,26)22-10-8-15(9-11-22)20-19(24)14(3)27-17-6-4-16(23)5-7-17/h4-7,14-15,23H,8-11H2,1-3H3,(H,20,24). The maximum absolute atomic E-state index is 12.9. The first-order chi connectivity index (χ1) is 13.7. The molecule has 0 radical (unpaired) electrons. The quantitative estimate of drug-likeness (QED) is 0.725. The minimum Gasteiger partial charge on any atom is -0.508 e. The van der Waals surface area contributed by atoms with E-state index in [-0.39, 0.29) is 28.4 Å². The lowest BCUT2D eigenvalue weighted by Gasteiger charge is -2.32. The Balaban J connectivity index is 1.54. The maximum atomic E-state index is 12.9. The molecular weight excluding hydrogens is 398 g/mol.